The summed E-state index contributed by atoms with van der Waals surface area (Å²) in [6.45, 7) is 5.18. The molecule has 0 bridgehead atoms. The molecule has 2 rings (SSSR count). The van der Waals surface area contributed by atoms with Gasteiger partial charge in [0.2, 0.25) is 5.91 Å². The Morgan fingerprint density at radius 3 is 2.76 bits per heavy atom. The van der Waals surface area contributed by atoms with Gasteiger partial charge in [-0.3, -0.25) is 14.9 Å². The molecule has 1 aromatic carbocycles. The molecule has 0 fully saturated rings. The SMILES string of the molecule is CCCCOc1ccc(/C=C/C(=O)Nc2nc(CC(=O)OC)cs2)cc1OCC. The van der Waals surface area contributed by atoms with Crippen LogP contribution in [0.15, 0.2) is 29.7 Å². The molecule has 156 valence electrons. The molecule has 0 saturated heterocycles. The second-order valence-electron chi connectivity index (χ2n) is 6.06. The number of aromatic nitrogens is 1. The van der Waals surface area contributed by atoms with E-state index >= 15 is 0 Å². The van der Waals surface area contributed by atoms with Crippen molar-refractivity contribution in [3.8, 4) is 11.5 Å². The number of hydrogen-bond acceptors (Lipinski definition) is 7. The molecule has 0 aliphatic carbocycles. The Hall–Kier alpha value is -2.87. The number of nitrogens with one attached hydrogen (secondary N) is 1. The normalized spacial score (nSPS) is 10.7. The van der Waals surface area contributed by atoms with Crippen molar-refractivity contribution in [2.45, 2.75) is 33.1 Å². The number of carbonyl (C=O) groups is 2. The fourth-order valence-corrected chi connectivity index (χ4v) is 3.04. The fourth-order valence-electron chi connectivity index (χ4n) is 2.33. The number of nitrogens with zero attached hydrogens (tertiary/aromatic N) is 1. The van der Waals surface area contributed by atoms with Crippen LogP contribution in [-0.2, 0) is 20.7 Å². The largest absolute Gasteiger partial charge is 0.490 e. The summed E-state index contributed by atoms with van der Waals surface area (Å²) >= 11 is 1.25. The Kier molecular flexibility index (Phi) is 9.17. The topological polar surface area (TPSA) is 86.8 Å². The van der Waals surface area contributed by atoms with Crippen LogP contribution in [0.3, 0.4) is 0 Å². The highest BCUT2D eigenvalue weighted by Gasteiger charge is 2.09. The van der Waals surface area contributed by atoms with E-state index in [-0.39, 0.29) is 18.3 Å². The number of hydrogen-bond donors (Lipinski definition) is 1. The van der Waals surface area contributed by atoms with Crippen LogP contribution in [0.5, 0.6) is 11.5 Å². The van der Waals surface area contributed by atoms with E-state index in [0.717, 1.165) is 18.4 Å². The van der Waals surface area contributed by atoms with Crippen LogP contribution < -0.4 is 14.8 Å². The summed E-state index contributed by atoms with van der Waals surface area (Å²) in [5.74, 6) is 0.659. The Morgan fingerprint density at radius 1 is 1.21 bits per heavy atom. The maximum absolute atomic E-state index is 12.1. The number of rotatable bonds is 11. The predicted octanol–water partition coefficient (Wildman–Crippen LogP) is 4.09. The van der Waals surface area contributed by atoms with Gasteiger partial charge >= 0.3 is 5.97 Å². The van der Waals surface area contributed by atoms with Gasteiger partial charge in [0, 0.05) is 11.5 Å². The number of ether oxygens (including phenoxy) is 3. The number of esters is 1. The zero-order valence-corrected chi connectivity index (χ0v) is 17.7. The zero-order chi connectivity index (χ0) is 21.1. The van der Waals surface area contributed by atoms with Gasteiger partial charge in [0.15, 0.2) is 16.6 Å². The number of methoxy groups -OCH3 is 1. The third kappa shape index (κ3) is 7.57. The molecule has 0 radical (unpaired) electrons. The summed E-state index contributed by atoms with van der Waals surface area (Å²) in [6, 6.07) is 5.55. The lowest BCUT2D eigenvalue weighted by atomic mass is 10.2. The van der Waals surface area contributed by atoms with E-state index < -0.39 is 0 Å². The minimum atomic E-state index is -0.375. The van der Waals surface area contributed by atoms with Crippen molar-refractivity contribution >= 4 is 34.4 Å². The van der Waals surface area contributed by atoms with Crippen molar-refractivity contribution in [2.75, 3.05) is 25.6 Å². The second kappa shape index (κ2) is 11.9. The average Bonchev–Trinajstić information content (AvgIpc) is 3.14. The Morgan fingerprint density at radius 2 is 2.03 bits per heavy atom. The minimum Gasteiger partial charge on any atom is -0.490 e. The maximum atomic E-state index is 12.1. The molecule has 0 saturated carbocycles. The van der Waals surface area contributed by atoms with Gasteiger partial charge in [-0.15, -0.1) is 11.3 Å². The Bertz CT molecular complexity index is 847. The van der Waals surface area contributed by atoms with Gasteiger partial charge in [-0.2, -0.15) is 0 Å². The van der Waals surface area contributed by atoms with Crippen molar-refractivity contribution in [2.24, 2.45) is 0 Å². The first kappa shape index (κ1) is 22.4. The van der Waals surface area contributed by atoms with Gasteiger partial charge < -0.3 is 14.2 Å². The molecular weight excluding hydrogens is 392 g/mol. The third-order valence-electron chi connectivity index (χ3n) is 3.79. The van der Waals surface area contributed by atoms with E-state index in [0.29, 0.717) is 35.5 Å². The molecule has 8 heteroatoms. The van der Waals surface area contributed by atoms with Crippen LogP contribution >= 0.6 is 11.3 Å². The molecule has 1 amide bonds. The highest BCUT2D eigenvalue weighted by atomic mass is 32.1. The van der Waals surface area contributed by atoms with E-state index in [2.05, 4.69) is 22.0 Å². The number of anilines is 1. The standard InChI is InChI=1S/C21H26N2O5S/c1-4-6-11-28-17-9-7-15(12-18(17)27-5-2)8-10-19(24)23-21-22-16(14-29-21)13-20(25)26-3/h7-10,12,14H,4-6,11,13H2,1-3H3,(H,22,23,24)/b10-8+. The monoisotopic (exact) mass is 418 g/mol. The summed E-state index contributed by atoms with van der Waals surface area (Å²) in [7, 11) is 1.32. The highest BCUT2D eigenvalue weighted by Crippen LogP contribution is 2.29. The van der Waals surface area contributed by atoms with E-state index in [1.165, 1.54) is 24.5 Å². The first-order chi connectivity index (χ1) is 14.0. The summed E-state index contributed by atoms with van der Waals surface area (Å²) in [4.78, 5) is 27.6. The number of carbonyl (C=O) groups excluding carboxylic acids is 2. The van der Waals surface area contributed by atoms with E-state index in [4.69, 9.17) is 9.47 Å². The molecule has 0 aliphatic heterocycles. The lowest BCUT2D eigenvalue weighted by molar-refractivity contribution is -0.139. The number of amides is 1. The minimum absolute atomic E-state index is 0.0750. The third-order valence-corrected chi connectivity index (χ3v) is 4.59. The molecule has 1 heterocycles. The molecule has 0 unspecified atom stereocenters. The summed E-state index contributed by atoms with van der Waals surface area (Å²) in [5.41, 5.74) is 1.37. The van der Waals surface area contributed by atoms with Gasteiger partial charge in [0.1, 0.15) is 0 Å². The Labute approximate surface area is 174 Å². The lowest BCUT2D eigenvalue weighted by Crippen LogP contribution is -2.08. The molecule has 0 spiro atoms. The number of benzene rings is 1. The molecule has 2 aromatic rings. The lowest BCUT2D eigenvalue weighted by Gasteiger charge is -2.12. The van der Waals surface area contributed by atoms with Crippen LogP contribution in [0.1, 0.15) is 37.9 Å². The Balaban J connectivity index is 1.98. The number of unbranched alkanes of at least 4 members (excludes halogenated alkanes) is 1. The molecule has 1 N–H and O–H groups in total. The van der Waals surface area contributed by atoms with Gasteiger partial charge in [-0.25, -0.2) is 4.98 Å². The van der Waals surface area contributed by atoms with Gasteiger partial charge in [-0.1, -0.05) is 19.4 Å². The fraction of sp³-hybridized carbons (Fsp3) is 0.381. The molecule has 0 aliphatic rings. The summed E-state index contributed by atoms with van der Waals surface area (Å²) in [5, 5.41) is 4.82. The van der Waals surface area contributed by atoms with Crippen LogP contribution in [0.4, 0.5) is 5.13 Å². The van der Waals surface area contributed by atoms with Crippen molar-refractivity contribution in [3.63, 3.8) is 0 Å². The van der Waals surface area contributed by atoms with Crippen LogP contribution in [0.25, 0.3) is 6.08 Å². The van der Waals surface area contributed by atoms with Gasteiger partial charge in [-0.05, 0) is 37.1 Å². The molecule has 1 aromatic heterocycles. The van der Waals surface area contributed by atoms with Gasteiger partial charge in [0.25, 0.3) is 0 Å². The first-order valence-electron chi connectivity index (χ1n) is 9.45. The molecular formula is C21H26N2O5S. The number of thiazole rings is 1. The van der Waals surface area contributed by atoms with E-state index in [1.807, 2.05) is 25.1 Å². The average molecular weight is 419 g/mol. The molecule has 0 atom stereocenters. The zero-order valence-electron chi connectivity index (χ0n) is 16.9. The van der Waals surface area contributed by atoms with Crippen LogP contribution in [0.2, 0.25) is 0 Å². The van der Waals surface area contributed by atoms with Crippen LogP contribution in [-0.4, -0.2) is 37.2 Å². The highest BCUT2D eigenvalue weighted by molar-refractivity contribution is 7.14. The van der Waals surface area contributed by atoms with Crippen molar-refractivity contribution in [1.82, 2.24) is 4.98 Å². The summed E-state index contributed by atoms with van der Waals surface area (Å²) < 4.78 is 16.0. The smallest absolute Gasteiger partial charge is 0.311 e. The quantitative estimate of drug-likeness (QED) is 0.336. The van der Waals surface area contributed by atoms with Gasteiger partial charge in [0.05, 0.1) is 32.4 Å². The van der Waals surface area contributed by atoms with E-state index in [1.54, 1.807) is 11.5 Å². The molecule has 7 nitrogen and oxygen atoms in total. The molecule has 29 heavy (non-hydrogen) atoms. The maximum Gasteiger partial charge on any atom is 0.311 e. The van der Waals surface area contributed by atoms with Crippen LogP contribution in [0, 0.1) is 0 Å². The van der Waals surface area contributed by atoms with Crippen molar-refractivity contribution in [1.29, 1.82) is 0 Å². The summed E-state index contributed by atoms with van der Waals surface area (Å²) in [6.07, 6.45) is 5.22. The second-order valence-corrected chi connectivity index (χ2v) is 6.92. The first-order valence-corrected chi connectivity index (χ1v) is 10.3. The van der Waals surface area contributed by atoms with Crippen molar-refractivity contribution < 1.29 is 23.8 Å². The van der Waals surface area contributed by atoms with Crippen molar-refractivity contribution in [3.05, 3.63) is 40.9 Å². The van der Waals surface area contributed by atoms with E-state index in [9.17, 15) is 9.59 Å². The predicted molar refractivity (Wildman–Crippen MR) is 114 cm³/mol.